The van der Waals surface area contributed by atoms with E-state index >= 15 is 0 Å². The third-order valence-electron chi connectivity index (χ3n) is 1.75. The molecule has 2 nitrogen and oxygen atoms in total. The van der Waals surface area contributed by atoms with E-state index in [1.165, 1.54) is 6.54 Å². The van der Waals surface area contributed by atoms with Gasteiger partial charge in [0.05, 0.1) is 0 Å². The zero-order chi connectivity index (χ0) is 8.69. The van der Waals surface area contributed by atoms with E-state index in [9.17, 15) is 0 Å². The molecule has 0 fully saturated rings. The number of hydrogen-bond acceptors (Lipinski definition) is 2. The third kappa shape index (κ3) is 6.32. The van der Waals surface area contributed by atoms with Crippen molar-refractivity contribution in [2.75, 3.05) is 26.2 Å². The SMILES string of the molecule is CCN(CCCN)CC(C)C. The second-order valence-electron chi connectivity index (χ2n) is 3.43. The number of rotatable bonds is 6. The molecule has 0 amide bonds. The topological polar surface area (TPSA) is 29.3 Å². The third-order valence-corrected chi connectivity index (χ3v) is 1.75. The second-order valence-corrected chi connectivity index (χ2v) is 3.43. The summed E-state index contributed by atoms with van der Waals surface area (Å²) in [5, 5.41) is 0. The molecular weight excluding hydrogens is 136 g/mol. The largest absolute Gasteiger partial charge is 0.330 e. The Morgan fingerprint density at radius 2 is 2.00 bits per heavy atom. The van der Waals surface area contributed by atoms with E-state index < -0.39 is 0 Å². The van der Waals surface area contributed by atoms with Crippen molar-refractivity contribution < 1.29 is 0 Å². The Labute approximate surface area is 70.8 Å². The Morgan fingerprint density at radius 3 is 2.36 bits per heavy atom. The van der Waals surface area contributed by atoms with E-state index in [0.717, 1.165) is 32.0 Å². The lowest BCUT2D eigenvalue weighted by molar-refractivity contribution is 0.255. The van der Waals surface area contributed by atoms with E-state index in [1.54, 1.807) is 0 Å². The highest BCUT2D eigenvalue weighted by Crippen LogP contribution is 1.98. The van der Waals surface area contributed by atoms with E-state index in [0.29, 0.717) is 0 Å². The molecule has 0 rings (SSSR count). The van der Waals surface area contributed by atoms with E-state index in [4.69, 9.17) is 5.73 Å². The molecule has 0 bridgehead atoms. The van der Waals surface area contributed by atoms with Crippen LogP contribution in [0.25, 0.3) is 0 Å². The van der Waals surface area contributed by atoms with Crippen LogP contribution in [0.4, 0.5) is 0 Å². The number of hydrogen-bond donors (Lipinski definition) is 1. The molecule has 0 heterocycles. The summed E-state index contributed by atoms with van der Waals surface area (Å²) >= 11 is 0. The van der Waals surface area contributed by atoms with Gasteiger partial charge >= 0.3 is 0 Å². The minimum Gasteiger partial charge on any atom is -0.330 e. The van der Waals surface area contributed by atoms with Crippen molar-refractivity contribution in [2.24, 2.45) is 11.7 Å². The Morgan fingerprint density at radius 1 is 1.36 bits per heavy atom. The summed E-state index contributed by atoms with van der Waals surface area (Å²) in [5.74, 6) is 0.771. The molecule has 0 saturated carbocycles. The zero-order valence-corrected chi connectivity index (χ0v) is 8.14. The summed E-state index contributed by atoms with van der Waals surface area (Å²) in [6, 6.07) is 0. The van der Waals surface area contributed by atoms with Gasteiger partial charge in [-0.25, -0.2) is 0 Å². The van der Waals surface area contributed by atoms with Crippen molar-refractivity contribution in [1.82, 2.24) is 4.90 Å². The molecule has 0 aromatic rings. The molecule has 68 valence electrons. The fraction of sp³-hybridized carbons (Fsp3) is 1.00. The summed E-state index contributed by atoms with van der Waals surface area (Å²) in [4.78, 5) is 2.46. The summed E-state index contributed by atoms with van der Waals surface area (Å²) in [6.45, 7) is 11.0. The Balaban J connectivity index is 3.41. The monoisotopic (exact) mass is 158 g/mol. The first kappa shape index (κ1) is 10.9. The molecule has 0 radical (unpaired) electrons. The van der Waals surface area contributed by atoms with Gasteiger partial charge in [-0.2, -0.15) is 0 Å². The van der Waals surface area contributed by atoms with Crippen molar-refractivity contribution >= 4 is 0 Å². The minimum absolute atomic E-state index is 0.771. The summed E-state index contributed by atoms with van der Waals surface area (Å²) < 4.78 is 0. The summed E-state index contributed by atoms with van der Waals surface area (Å²) in [5.41, 5.74) is 5.44. The van der Waals surface area contributed by atoms with E-state index in [-0.39, 0.29) is 0 Å². The van der Waals surface area contributed by atoms with Gasteiger partial charge in [0, 0.05) is 6.54 Å². The molecule has 11 heavy (non-hydrogen) atoms. The molecule has 0 aliphatic heterocycles. The fourth-order valence-electron chi connectivity index (χ4n) is 1.21. The molecule has 0 aliphatic rings. The molecule has 0 aromatic heterocycles. The molecule has 0 aromatic carbocycles. The van der Waals surface area contributed by atoms with Crippen LogP contribution in [-0.4, -0.2) is 31.1 Å². The van der Waals surface area contributed by atoms with Crippen LogP contribution in [0, 0.1) is 5.92 Å². The maximum absolute atomic E-state index is 5.44. The first-order chi connectivity index (χ1) is 5.20. The van der Waals surface area contributed by atoms with Gasteiger partial charge < -0.3 is 10.6 Å². The van der Waals surface area contributed by atoms with Crippen LogP contribution in [0.2, 0.25) is 0 Å². The number of nitrogens with zero attached hydrogens (tertiary/aromatic N) is 1. The lowest BCUT2D eigenvalue weighted by Crippen LogP contribution is -2.29. The minimum atomic E-state index is 0.771. The first-order valence-electron chi connectivity index (χ1n) is 4.63. The molecule has 2 heteroatoms. The van der Waals surface area contributed by atoms with Crippen molar-refractivity contribution in [2.45, 2.75) is 27.2 Å². The van der Waals surface area contributed by atoms with E-state index in [2.05, 4.69) is 25.7 Å². The molecular formula is C9H22N2. The molecule has 0 spiro atoms. The van der Waals surface area contributed by atoms with Crippen LogP contribution in [0.5, 0.6) is 0 Å². The predicted octanol–water partition coefficient (Wildman–Crippen LogP) is 1.31. The van der Waals surface area contributed by atoms with E-state index in [1.807, 2.05) is 0 Å². The summed E-state index contributed by atoms with van der Waals surface area (Å²) in [7, 11) is 0. The quantitative estimate of drug-likeness (QED) is 0.631. The molecule has 0 unspecified atom stereocenters. The van der Waals surface area contributed by atoms with Gasteiger partial charge in [0.1, 0.15) is 0 Å². The Hall–Kier alpha value is -0.0800. The lowest BCUT2D eigenvalue weighted by Gasteiger charge is -2.21. The molecule has 0 aliphatic carbocycles. The maximum Gasteiger partial charge on any atom is 0.000428 e. The number of nitrogens with two attached hydrogens (primary N) is 1. The highest BCUT2D eigenvalue weighted by molar-refractivity contribution is 4.57. The maximum atomic E-state index is 5.44. The van der Waals surface area contributed by atoms with Gasteiger partial charge in [-0.15, -0.1) is 0 Å². The van der Waals surface area contributed by atoms with Gasteiger partial charge in [-0.1, -0.05) is 20.8 Å². The summed E-state index contributed by atoms with van der Waals surface area (Å²) in [6.07, 6.45) is 1.13. The fourth-order valence-corrected chi connectivity index (χ4v) is 1.21. The van der Waals surface area contributed by atoms with Gasteiger partial charge in [-0.3, -0.25) is 0 Å². The van der Waals surface area contributed by atoms with Crippen LogP contribution in [0.3, 0.4) is 0 Å². The van der Waals surface area contributed by atoms with Crippen LogP contribution in [-0.2, 0) is 0 Å². The first-order valence-corrected chi connectivity index (χ1v) is 4.63. The van der Waals surface area contributed by atoms with Crippen molar-refractivity contribution in [3.05, 3.63) is 0 Å². The molecule has 0 saturated heterocycles. The molecule has 0 atom stereocenters. The van der Waals surface area contributed by atoms with Crippen LogP contribution < -0.4 is 5.73 Å². The Bertz CT molecular complexity index is 81.6. The van der Waals surface area contributed by atoms with Crippen LogP contribution >= 0.6 is 0 Å². The normalized spacial score (nSPS) is 11.5. The van der Waals surface area contributed by atoms with Crippen LogP contribution in [0.1, 0.15) is 27.2 Å². The van der Waals surface area contributed by atoms with Crippen molar-refractivity contribution in [3.63, 3.8) is 0 Å². The van der Waals surface area contributed by atoms with Gasteiger partial charge in [0.15, 0.2) is 0 Å². The van der Waals surface area contributed by atoms with Gasteiger partial charge in [0.25, 0.3) is 0 Å². The second kappa shape index (κ2) is 6.62. The van der Waals surface area contributed by atoms with Gasteiger partial charge in [-0.05, 0) is 32.0 Å². The predicted molar refractivity (Wildman–Crippen MR) is 50.6 cm³/mol. The van der Waals surface area contributed by atoms with Crippen molar-refractivity contribution in [3.8, 4) is 0 Å². The smallest absolute Gasteiger partial charge is 0.000428 e. The Kier molecular flexibility index (Phi) is 6.57. The zero-order valence-electron chi connectivity index (χ0n) is 8.14. The molecule has 2 N–H and O–H groups in total. The average molecular weight is 158 g/mol. The van der Waals surface area contributed by atoms with Crippen molar-refractivity contribution in [1.29, 1.82) is 0 Å². The highest BCUT2D eigenvalue weighted by Gasteiger charge is 2.02. The average Bonchev–Trinajstić information content (AvgIpc) is 1.97. The van der Waals surface area contributed by atoms with Crippen LogP contribution in [0.15, 0.2) is 0 Å². The lowest BCUT2D eigenvalue weighted by atomic mass is 10.2. The standard InChI is InChI=1S/C9H22N2/c1-4-11(7-5-6-10)8-9(2)3/h9H,4-8,10H2,1-3H3. The highest BCUT2D eigenvalue weighted by atomic mass is 15.1. The van der Waals surface area contributed by atoms with Gasteiger partial charge in [0.2, 0.25) is 0 Å².